The number of aliphatic carboxylic acids is 1. The summed E-state index contributed by atoms with van der Waals surface area (Å²) >= 11 is 0. The van der Waals surface area contributed by atoms with Gasteiger partial charge in [-0.2, -0.15) is 0 Å². The molecular formula is C18H16O3. The van der Waals surface area contributed by atoms with E-state index in [9.17, 15) is 9.90 Å². The summed E-state index contributed by atoms with van der Waals surface area (Å²) in [4.78, 5) is 11.5. The number of carboxylic acids is 1. The first kappa shape index (κ1) is 13.4. The number of hydrogen-bond donors (Lipinski definition) is 1. The first-order valence-corrected chi connectivity index (χ1v) is 6.99. The molecule has 1 aliphatic heterocycles. The third-order valence-corrected chi connectivity index (χ3v) is 3.86. The minimum absolute atomic E-state index is 0.493. The second kappa shape index (κ2) is 5.44. The van der Waals surface area contributed by atoms with E-state index in [1.54, 1.807) is 12.5 Å². The molecule has 0 spiro atoms. The SMILES string of the molecule is CCC(C(=O)O)c1cc(-c2ccccc2)c2coccc1-2. The van der Waals surface area contributed by atoms with Crippen molar-refractivity contribution in [1.29, 1.82) is 0 Å². The van der Waals surface area contributed by atoms with Gasteiger partial charge in [0.25, 0.3) is 0 Å². The number of carboxylic acid groups (broad SMARTS) is 1. The van der Waals surface area contributed by atoms with E-state index in [1.807, 2.05) is 49.4 Å². The second-order valence-corrected chi connectivity index (χ2v) is 5.06. The highest BCUT2D eigenvalue weighted by Crippen LogP contribution is 2.42. The fourth-order valence-corrected chi connectivity index (χ4v) is 2.81. The van der Waals surface area contributed by atoms with Gasteiger partial charge in [-0.3, -0.25) is 4.79 Å². The Balaban J connectivity index is 2.21. The zero-order valence-corrected chi connectivity index (χ0v) is 11.7. The summed E-state index contributed by atoms with van der Waals surface area (Å²) in [7, 11) is 0. The molecule has 1 aromatic carbocycles. The molecule has 0 fully saturated rings. The Bertz CT molecular complexity index is 727. The zero-order chi connectivity index (χ0) is 14.8. The maximum atomic E-state index is 11.5. The molecule has 1 atom stereocenters. The topological polar surface area (TPSA) is 50.4 Å². The van der Waals surface area contributed by atoms with Gasteiger partial charge in [-0.05, 0) is 40.8 Å². The van der Waals surface area contributed by atoms with Crippen LogP contribution in [0.3, 0.4) is 0 Å². The molecule has 1 unspecified atom stereocenters. The Kier molecular flexibility index (Phi) is 3.48. The van der Waals surface area contributed by atoms with E-state index >= 15 is 0 Å². The number of fused-ring (bicyclic) bond motifs is 1. The first-order valence-electron chi connectivity index (χ1n) is 6.99. The molecule has 0 bridgehead atoms. The van der Waals surface area contributed by atoms with Crippen molar-refractivity contribution in [3.05, 3.63) is 60.6 Å². The van der Waals surface area contributed by atoms with Crippen molar-refractivity contribution in [2.45, 2.75) is 19.3 Å². The van der Waals surface area contributed by atoms with Gasteiger partial charge in [-0.15, -0.1) is 0 Å². The summed E-state index contributed by atoms with van der Waals surface area (Å²) in [6.45, 7) is 1.90. The molecular weight excluding hydrogens is 264 g/mol. The molecule has 3 heteroatoms. The summed E-state index contributed by atoms with van der Waals surface area (Å²) in [6, 6.07) is 13.8. The number of rotatable bonds is 4. The molecule has 1 aliphatic carbocycles. The molecule has 106 valence electrons. The average molecular weight is 280 g/mol. The van der Waals surface area contributed by atoms with E-state index < -0.39 is 11.9 Å². The minimum atomic E-state index is -0.787. The quantitative estimate of drug-likeness (QED) is 0.758. The highest BCUT2D eigenvalue weighted by atomic mass is 16.4. The van der Waals surface area contributed by atoms with Crippen LogP contribution < -0.4 is 0 Å². The molecule has 0 saturated heterocycles. The zero-order valence-electron chi connectivity index (χ0n) is 11.7. The molecule has 3 nitrogen and oxygen atoms in total. The summed E-state index contributed by atoms with van der Waals surface area (Å²) in [5.41, 5.74) is 4.85. The van der Waals surface area contributed by atoms with Crippen LogP contribution >= 0.6 is 0 Å². The number of benzene rings is 1. The van der Waals surface area contributed by atoms with Crippen LogP contribution in [-0.4, -0.2) is 11.1 Å². The highest BCUT2D eigenvalue weighted by molar-refractivity contribution is 5.92. The van der Waals surface area contributed by atoms with E-state index in [4.69, 9.17) is 4.42 Å². The lowest BCUT2D eigenvalue weighted by Crippen LogP contribution is -2.10. The highest BCUT2D eigenvalue weighted by Gasteiger charge is 2.26. The first-order chi connectivity index (χ1) is 10.2. The molecule has 1 N–H and O–H groups in total. The van der Waals surface area contributed by atoms with Crippen LogP contribution in [0.5, 0.6) is 0 Å². The lowest BCUT2D eigenvalue weighted by atomic mass is 9.95. The van der Waals surface area contributed by atoms with Crippen molar-refractivity contribution >= 4 is 5.97 Å². The molecule has 21 heavy (non-hydrogen) atoms. The molecule has 3 rings (SSSR count). The Morgan fingerprint density at radius 2 is 1.90 bits per heavy atom. The van der Waals surface area contributed by atoms with Gasteiger partial charge >= 0.3 is 5.97 Å². The van der Waals surface area contributed by atoms with Crippen LogP contribution in [0.15, 0.2) is 59.4 Å². The standard InChI is InChI=1S/C18H16O3/c1-2-13(18(19)20)16-10-15(12-6-4-3-5-7-12)17-11-21-9-8-14(16)17/h3-11,13H,2H2,1H3,(H,19,20). The normalized spacial score (nSPS) is 12.4. The lowest BCUT2D eigenvalue weighted by Gasteiger charge is -2.10. The monoisotopic (exact) mass is 280 g/mol. The molecule has 1 heterocycles. The van der Waals surface area contributed by atoms with Gasteiger partial charge in [0, 0.05) is 5.56 Å². The lowest BCUT2D eigenvalue weighted by molar-refractivity contribution is -0.138. The Morgan fingerprint density at radius 1 is 1.14 bits per heavy atom. The van der Waals surface area contributed by atoms with Crippen LogP contribution in [0.1, 0.15) is 24.8 Å². The number of hydrogen-bond acceptors (Lipinski definition) is 2. The van der Waals surface area contributed by atoms with Crippen molar-refractivity contribution in [2.24, 2.45) is 0 Å². The maximum Gasteiger partial charge on any atom is 0.310 e. The van der Waals surface area contributed by atoms with Crippen LogP contribution in [0.4, 0.5) is 0 Å². The fourth-order valence-electron chi connectivity index (χ4n) is 2.81. The smallest absolute Gasteiger partial charge is 0.310 e. The van der Waals surface area contributed by atoms with Gasteiger partial charge in [-0.25, -0.2) is 0 Å². The van der Waals surface area contributed by atoms with E-state index in [-0.39, 0.29) is 0 Å². The molecule has 2 aliphatic rings. The second-order valence-electron chi connectivity index (χ2n) is 5.06. The van der Waals surface area contributed by atoms with Crippen molar-refractivity contribution in [3.63, 3.8) is 0 Å². The van der Waals surface area contributed by atoms with E-state index in [0.29, 0.717) is 6.42 Å². The molecule has 0 saturated carbocycles. The summed E-state index contributed by atoms with van der Waals surface area (Å²) < 4.78 is 5.29. The fraction of sp³-hybridized carbons (Fsp3) is 0.167. The summed E-state index contributed by atoms with van der Waals surface area (Å²) in [6.07, 6.45) is 3.85. The van der Waals surface area contributed by atoms with Crippen LogP contribution in [0, 0.1) is 0 Å². The molecule has 0 radical (unpaired) electrons. The van der Waals surface area contributed by atoms with E-state index in [2.05, 4.69) is 0 Å². The summed E-state index contributed by atoms with van der Waals surface area (Å²) in [5, 5.41) is 9.44. The predicted octanol–water partition coefficient (Wildman–Crippen LogP) is 4.63. The van der Waals surface area contributed by atoms with Gasteiger partial charge in [0.05, 0.1) is 18.4 Å². The van der Waals surface area contributed by atoms with Crippen LogP contribution in [0.2, 0.25) is 0 Å². The maximum absolute atomic E-state index is 11.5. The molecule has 1 aromatic rings. The van der Waals surface area contributed by atoms with Gasteiger partial charge in [0.15, 0.2) is 0 Å². The minimum Gasteiger partial charge on any atom is -0.481 e. The van der Waals surface area contributed by atoms with Crippen LogP contribution in [-0.2, 0) is 4.79 Å². The van der Waals surface area contributed by atoms with Gasteiger partial charge < -0.3 is 9.52 Å². The Morgan fingerprint density at radius 3 is 2.57 bits per heavy atom. The van der Waals surface area contributed by atoms with Gasteiger partial charge in [-0.1, -0.05) is 37.3 Å². The third kappa shape index (κ3) is 2.31. The third-order valence-electron chi connectivity index (χ3n) is 3.86. The van der Waals surface area contributed by atoms with Crippen molar-refractivity contribution in [1.82, 2.24) is 0 Å². The largest absolute Gasteiger partial charge is 0.481 e. The van der Waals surface area contributed by atoms with Gasteiger partial charge in [0.1, 0.15) is 0 Å². The van der Waals surface area contributed by atoms with Crippen molar-refractivity contribution < 1.29 is 14.3 Å². The molecule has 0 aromatic heterocycles. The Labute approximate surface area is 123 Å². The van der Waals surface area contributed by atoms with E-state index in [0.717, 1.165) is 27.8 Å². The van der Waals surface area contributed by atoms with Gasteiger partial charge in [0.2, 0.25) is 0 Å². The van der Waals surface area contributed by atoms with Crippen LogP contribution in [0.25, 0.3) is 22.3 Å². The Hall–Kier alpha value is -2.55. The predicted molar refractivity (Wildman–Crippen MR) is 81.4 cm³/mol. The van der Waals surface area contributed by atoms with Crippen molar-refractivity contribution in [2.75, 3.05) is 0 Å². The average Bonchev–Trinajstić information content (AvgIpc) is 2.88. The summed E-state index contributed by atoms with van der Waals surface area (Å²) in [5.74, 6) is -1.28. The van der Waals surface area contributed by atoms with Crippen molar-refractivity contribution in [3.8, 4) is 22.3 Å². The van der Waals surface area contributed by atoms with E-state index in [1.165, 1.54) is 0 Å². The molecule has 0 amide bonds. The number of carbonyl (C=O) groups is 1.